The highest BCUT2D eigenvalue weighted by Gasteiger charge is 2.29. The Morgan fingerprint density at radius 2 is 1.71 bits per heavy atom. The highest BCUT2D eigenvalue weighted by molar-refractivity contribution is 6.09. The number of aromatic amines is 1. The first-order chi connectivity index (χ1) is 22.8. The fourth-order valence-corrected chi connectivity index (χ4v) is 5.28. The lowest BCUT2D eigenvalue weighted by Crippen LogP contribution is -2.46. The molecule has 1 aliphatic heterocycles. The van der Waals surface area contributed by atoms with Crippen molar-refractivity contribution >= 4 is 40.9 Å². The van der Waals surface area contributed by atoms with Gasteiger partial charge in [-0.25, -0.2) is 9.59 Å². The first kappa shape index (κ1) is 33.8. The lowest BCUT2D eigenvalue weighted by molar-refractivity contribution is -0.136. The van der Waals surface area contributed by atoms with Gasteiger partial charge in [0.1, 0.15) is 28.7 Å². The van der Waals surface area contributed by atoms with E-state index in [9.17, 15) is 14.4 Å². The maximum atomic E-state index is 13.7. The third-order valence-electron chi connectivity index (χ3n) is 7.56. The number of ether oxygens (including phenoxy) is 5. The molecule has 2 N–H and O–H groups in total. The maximum Gasteiger partial charge on any atom is 0.408 e. The summed E-state index contributed by atoms with van der Waals surface area (Å²) in [6, 6.07) is 14.9. The summed E-state index contributed by atoms with van der Waals surface area (Å²) in [6.07, 6.45) is 8.03. The SMILES string of the molecule is COc1ccc(C=CC(=O)c2ccc(OC)c3c2OC(C)(C)C=C3)cc1OC(=O)C(Cc1c[nH]c2ccccc12)NC(=O)OC(C)(C)C. The van der Waals surface area contributed by atoms with Crippen molar-refractivity contribution in [3.63, 3.8) is 0 Å². The summed E-state index contributed by atoms with van der Waals surface area (Å²) < 4.78 is 28.4. The molecule has 0 radical (unpaired) electrons. The Hall–Kier alpha value is -5.51. The smallest absolute Gasteiger partial charge is 0.408 e. The molecule has 0 aliphatic carbocycles. The van der Waals surface area contributed by atoms with Crippen molar-refractivity contribution in [1.82, 2.24) is 10.3 Å². The second-order valence-electron chi connectivity index (χ2n) is 12.9. The molecular weight excluding hydrogens is 612 g/mol. The topological polar surface area (TPSA) is 125 Å². The zero-order chi connectivity index (χ0) is 34.6. The molecule has 0 saturated carbocycles. The molecule has 0 fully saturated rings. The number of hydrogen-bond acceptors (Lipinski definition) is 8. The quantitative estimate of drug-likeness (QED) is 0.0791. The van der Waals surface area contributed by atoms with Crippen LogP contribution in [0.2, 0.25) is 0 Å². The number of fused-ring (bicyclic) bond motifs is 2. The minimum absolute atomic E-state index is 0.115. The average molecular weight is 653 g/mol. The van der Waals surface area contributed by atoms with Crippen LogP contribution in [-0.4, -0.2) is 54.3 Å². The molecule has 1 aliphatic rings. The van der Waals surface area contributed by atoms with Crippen LogP contribution in [0.1, 0.15) is 61.7 Å². The van der Waals surface area contributed by atoms with Crippen molar-refractivity contribution in [1.29, 1.82) is 0 Å². The molecule has 10 heteroatoms. The average Bonchev–Trinajstić information content (AvgIpc) is 3.44. The fraction of sp³-hybridized carbons (Fsp3) is 0.289. The Kier molecular flexibility index (Phi) is 9.65. The van der Waals surface area contributed by atoms with Gasteiger partial charge in [-0.3, -0.25) is 4.79 Å². The highest BCUT2D eigenvalue weighted by atomic mass is 16.6. The normalized spacial score (nSPS) is 14.1. The number of alkyl carbamates (subject to hydrolysis) is 1. The van der Waals surface area contributed by atoms with E-state index in [0.717, 1.165) is 16.5 Å². The lowest BCUT2D eigenvalue weighted by atomic mass is 9.97. The number of H-pyrrole nitrogens is 1. The van der Waals surface area contributed by atoms with Gasteiger partial charge in [0.05, 0.1) is 25.3 Å². The summed E-state index contributed by atoms with van der Waals surface area (Å²) in [4.78, 5) is 43.1. The van der Waals surface area contributed by atoms with E-state index < -0.39 is 29.3 Å². The van der Waals surface area contributed by atoms with Crippen LogP contribution in [0.25, 0.3) is 23.1 Å². The van der Waals surface area contributed by atoms with Crippen LogP contribution in [0, 0.1) is 0 Å². The van der Waals surface area contributed by atoms with Crippen molar-refractivity contribution < 1.29 is 38.1 Å². The molecule has 10 nitrogen and oxygen atoms in total. The van der Waals surface area contributed by atoms with Crippen molar-refractivity contribution in [3.8, 4) is 23.0 Å². The first-order valence-corrected chi connectivity index (χ1v) is 15.5. The van der Waals surface area contributed by atoms with Crippen molar-refractivity contribution in [3.05, 3.63) is 95.2 Å². The summed E-state index contributed by atoms with van der Waals surface area (Å²) >= 11 is 0. The van der Waals surface area contributed by atoms with Gasteiger partial charge in [0.2, 0.25) is 0 Å². The predicted octanol–water partition coefficient (Wildman–Crippen LogP) is 7.31. The summed E-state index contributed by atoms with van der Waals surface area (Å²) in [6.45, 7) is 9.03. The number of rotatable bonds is 10. The number of allylic oxidation sites excluding steroid dienone is 1. The van der Waals surface area contributed by atoms with Gasteiger partial charge in [0.15, 0.2) is 17.3 Å². The molecule has 250 valence electrons. The molecule has 48 heavy (non-hydrogen) atoms. The Morgan fingerprint density at radius 3 is 2.44 bits per heavy atom. The van der Waals surface area contributed by atoms with Crippen LogP contribution in [0.4, 0.5) is 4.79 Å². The van der Waals surface area contributed by atoms with Gasteiger partial charge in [0.25, 0.3) is 0 Å². The maximum absolute atomic E-state index is 13.7. The predicted molar refractivity (Wildman–Crippen MR) is 184 cm³/mol. The molecular formula is C38H40N2O8. The molecule has 1 atom stereocenters. The van der Waals surface area contributed by atoms with Crippen molar-refractivity contribution in [2.45, 2.75) is 58.3 Å². The van der Waals surface area contributed by atoms with Gasteiger partial charge in [-0.05, 0) is 94.3 Å². The van der Waals surface area contributed by atoms with E-state index in [4.69, 9.17) is 23.7 Å². The fourth-order valence-electron chi connectivity index (χ4n) is 5.28. The number of esters is 1. The van der Waals surface area contributed by atoms with Gasteiger partial charge in [-0.15, -0.1) is 0 Å². The number of aromatic nitrogens is 1. The van der Waals surface area contributed by atoms with Crippen LogP contribution >= 0.6 is 0 Å². The summed E-state index contributed by atoms with van der Waals surface area (Å²) in [5.74, 6) is 0.447. The van der Waals surface area contributed by atoms with Crippen LogP contribution in [0.15, 0.2) is 72.9 Å². The number of methoxy groups -OCH3 is 2. The zero-order valence-electron chi connectivity index (χ0n) is 28.1. The Balaban J connectivity index is 1.39. The van der Waals surface area contributed by atoms with Crippen LogP contribution in [0.3, 0.4) is 0 Å². The van der Waals surface area contributed by atoms with Crippen molar-refractivity contribution in [2.75, 3.05) is 14.2 Å². The van der Waals surface area contributed by atoms with Gasteiger partial charge >= 0.3 is 12.1 Å². The van der Waals surface area contributed by atoms with Gasteiger partial charge in [-0.2, -0.15) is 0 Å². The second-order valence-corrected chi connectivity index (χ2v) is 12.9. The Bertz CT molecular complexity index is 1910. The first-order valence-electron chi connectivity index (χ1n) is 15.5. The van der Waals surface area contributed by atoms with E-state index >= 15 is 0 Å². The number of nitrogens with one attached hydrogen (secondary N) is 2. The van der Waals surface area contributed by atoms with E-state index in [1.165, 1.54) is 13.2 Å². The second kappa shape index (κ2) is 13.7. The van der Waals surface area contributed by atoms with E-state index in [1.54, 1.807) is 70.5 Å². The largest absolute Gasteiger partial charge is 0.496 e. The van der Waals surface area contributed by atoms with E-state index in [1.807, 2.05) is 50.3 Å². The van der Waals surface area contributed by atoms with Gasteiger partial charge in [0, 0.05) is 23.5 Å². The molecule has 3 aromatic carbocycles. The molecule has 5 rings (SSSR count). The third-order valence-corrected chi connectivity index (χ3v) is 7.56. The summed E-state index contributed by atoms with van der Waals surface area (Å²) in [5, 5.41) is 3.59. The van der Waals surface area contributed by atoms with Crippen LogP contribution in [0.5, 0.6) is 23.0 Å². The summed E-state index contributed by atoms with van der Waals surface area (Å²) in [7, 11) is 3.02. The molecule has 1 amide bonds. The number of amides is 1. The third kappa shape index (κ3) is 7.88. The van der Waals surface area contributed by atoms with Gasteiger partial charge in [-0.1, -0.05) is 30.3 Å². The van der Waals surface area contributed by atoms with E-state index in [0.29, 0.717) is 33.9 Å². The standard InChI is InChI=1S/C38H40N2O8/c1-37(2,3)48-36(43)40-29(21-24-22-39-28-11-9-8-10-25(24)28)35(42)46-33-20-23(13-16-32(33)45-7)12-15-30(41)26-14-17-31(44-6)27-18-19-38(4,5)47-34(26)27/h8-20,22,29,39H,21H2,1-7H3,(H,40,43). The minimum Gasteiger partial charge on any atom is -0.496 e. The molecule has 4 aromatic rings. The zero-order valence-corrected chi connectivity index (χ0v) is 28.1. The van der Waals surface area contributed by atoms with Crippen LogP contribution < -0.4 is 24.3 Å². The van der Waals surface area contributed by atoms with Gasteiger partial charge < -0.3 is 34.0 Å². The number of ketones is 1. The summed E-state index contributed by atoms with van der Waals surface area (Å²) in [5.41, 5.74) is 1.99. The molecule has 0 bridgehead atoms. The minimum atomic E-state index is -1.09. The molecule has 1 unspecified atom stereocenters. The molecule has 0 spiro atoms. The van der Waals surface area contributed by atoms with E-state index in [-0.39, 0.29) is 18.0 Å². The number of para-hydroxylation sites is 1. The molecule has 0 saturated heterocycles. The monoisotopic (exact) mass is 652 g/mol. The highest BCUT2D eigenvalue weighted by Crippen LogP contribution is 2.40. The number of carbonyl (C=O) groups excluding carboxylic acids is 3. The number of carbonyl (C=O) groups is 3. The lowest BCUT2D eigenvalue weighted by Gasteiger charge is -2.29. The molecule has 2 heterocycles. The molecule has 1 aromatic heterocycles. The van der Waals surface area contributed by atoms with Crippen molar-refractivity contribution in [2.24, 2.45) is 0 Å². The Labute approximate surface area is 279 Å². The number of benzene rings is 3. The van der Waals surface area contributed by atoms with Crippen LogP contribution in [-0.2, 0) is 16.0 Å². The Morgan fingerprint density at radius 1 is 0.979 bits per heavy atom. The number of hydrogen-bond donors (Lipinski definition) is 2. The van der Waals surface area contributed by atoms with E-state index in [2.05, 4.69) is 10.3 Å².